The molecular weight excluding hydrogens is 120 g/mol. The molecule has 8 heavy (non-hydrogen) atoms. The van der Waals surface area contributed by atoms with Gasteiger partial charge in [0.05, 0.1) is 10.5 Å². The molecule has 0 atom stereocenters. The van der Waals surface area contributed by atoms with Crippen LogP contribution in [0.3, 0.4) is 0 Å². The number of nitrogens with one attached hydrogen (secondary N) is 1. The lowest BCUT2D eigenvalue weighted by molar-refractivity contribution is 0.566. The van der Waals surface area contributed by atoms with Crippen LogP contribution in [0.5, 0.6) is 0 Å². The van der Waals surface area contributed by atoms with Crippen molar-refractivity contribution in [2.24, 2.45) is 5.73 Å². The van der Waals surface area contributed by atoms with Gasteiger partial charge in [-0.3, -0.25) is 0 Å². The van der Waals surface area contributed by atoms with Crippen LogP contribution in [-0.4, -0.2) is 17.6 Å². The molecule has 0 unspecified atom stereocenters. The Morgan fingerprint density at radius 3 is 2.00 bits per heavy atom. The highest BCUT2D eigenvalue weighted by Crippen LogP contribution is 1.98. The van der Waals surface area contributed by atoms with Crippen molar-refractivity contribution in [3.05, 3.63) is 0 Å². The summed E-state index contributed by atoms with van der Waals surface area (Å²) >= 11 is 4.75. The van der Waals surface area contributed by atoms with E-state index in [0.717, 1.165) is 0 Å². The quantitative estimate of drug-likeness (QED) is 0.530. The summed E-state index contributed by atoms with van der Waals surface area (Å²) in [5.41, 5.74) is 5.15. The van der Waals surface area contributed by atoms with Gasteiger partial charge < -0.3 is 11.1 Å². The minimum absolute atomic E-state index is 0.199. The number of hydrogen-bond donors (Lipinski definition) is 2. The lowest BCUT2D eigenvalue weighted by Gasteiger charge is -2.21. The number of hydrogen-bond acceptors (Lipinski definition) is 2. The van der Waals surface area contributed by atoms with Gasteiger partial charge in [0.1, 0.15) is 0 Å². The van der Waals surface area contributed by atoms with Gasteiger partial charge in [-0.2, -0.15) is 0 Å². The fraction of sp³-hybridized carbons (Fsp3) is 0.800. The molecule has 0 amide bonds. The van der Waals surface area contributed by atoms with Crippen molar-refractivity contribution in [2.75, 3.05) is 7.05 Å². The first kappa shape index (κ1) is 7.85. The fourth-order valence-electron chi connectivity index (χ4n) is 0.123. The SMILES string of the molecule is CNC(C)(C)C(N)=S. The van der Waals surface area contributed by atoms with Crippen molar-refractivity contribution >= 4 is 17.2 Å². The zero-order valence-electron chi connectivity index (χ0n) is 5.49. The van der Waals surface area contributed by atoms with E-state index in [4.69, 9.17) is 18.0 Å². The van der Waals surface area contributed by atoms with Crippen LogP contribution in [0.4, 0.5) is 0 Å². The number of likely N-dealkylation sites (N-methyl/N-ethyl adjacent to an activating group) is 1. The zero-order chi connectivity index (χ0) is 6.78. The summed E-state index contributed by atoms with van der Waals surface area (Å²) in [6.07, 6.45) is 0. The second-order valence-electron chi connectivity index (χ2n) is 2.24. The Kier molecular flexibility index (Phi) is 2.37. The summed E-state index contributed by atoms with van der Waals surface area (Å²) in [5, 5.41) is 2.97. The van der Waals surface area contributed by atoms with E-state index in [1.54, 1.807) is 0 Å². The summed E-state index contributed by atoms with van der Waals surface area (Å²) in [6.45, 7) is 3.88. The molecule has 0 aliphatic heterocycles. The molecule has 3 heteroatoms. The molecule has 0 aliphatic rings. The van der Waals surface area contributed by atoms with Gasteiger partial charge in [0.25, 0.3) is 0 Å². The molecule has 0 saturated heterocycles. The zero-order valence-corrected chi connectivity index (χ0v) is 6.30. The Hall–Kier alpha value is -0.150. The van der Waals surface area contributed by atoms with Crippen molar-refractivity contribution in [1.82, 2.24) is 5.32 Å². The van der Waals surface area contributed by atoms with Gasteiger partial charge in [0.2, 0.25) is 0 Å². The van der Waals surface area contributed by atoms with Gasteiger partial charge in [0.15, 0.2) is 0 Å². The van der Waals surface area contributed by atoms with E-state index in [9.17, 15) is 0 Å². The number of rotatable bonds is 2. The summed E-state index contributed by atoms with van der Waals surface area (Å²) in [6, 6.07) is 0. The highest BCUT2D eigenvalue weighted by molar-refractivity contribution is 7.80. The molecule has 0 heterocycles. The van der Waals surface area contributed by atoms with Crippen molar-refractivity contribution < 1.29 is 0 Å². The standard InChI is InChI=1S/C5H12N2S/c1-5(2,7-3)4(6)8/h7H,1-3H3,(H2,6,8). The van der Waals surface area contributed by atoms with E-state index in [1.807, 2.05) is 20.9 Å². The van der Waals surface area contributed by atoms with Crippen LogP contribution >= 0.6 is 12.2 Å². The maximum absolute atomic E-state index is 5.35. The maximum Gasteiger partial charge on any atom is 0.0925 e. The second-order valence-corrected chi connectivity index (χ2v) is 2.68. The van der Waals surface area contributed by atoms with Crippen molar-refractivity contribution in [1.29, 1.82) is 0 Å². The summed E-state index contributed by atoms with van der Waals surface area (Å²) in [4.78, 5) is 0.500. The maximum atomic E-state index is 5.35. The first-order chi connectivity index (χ1) is 3.50. The van der Waals surface area contributed by atoms with Crippen molar-refractivity contribution in [2.45, 2.75) is 19.4 Å². The monoisotopic (exact) mass is 132 g/mol. The first-order valence-corrected chi connectivity index (χ1v) is 2.90. The van der Waals surface area contributed by atoms with Crippen LogP contribution in [-0.2, 0) is 0 Å². The minimum Gasteiger partial charge on any atom is -0.392 e. The topological polar surface area (TPSA) is 38.0 Å². The molecule has 2 nitrogen and oxygen atoms in total. The Balaban J connectivity index is 3.91. The molecule has 0 fully saturated rings. The van der Waals surface area contributed by atoms with E-state index in [2.05, 4.69) is 5.32 Å². The van der Waals surface area contributed by atoms with E-state index in [0.29, 0.717) is 4.99 Å². The Labute approximate surface area is 55.4 Å². The van der Waals surface area contributed by atoms with Gasteiger partial charge in [0, 0.05) is 0 Å². The number of nitrogens with two attached hydrogens (primary N) is 1. The molecule has 0 bridgehead atoms. The molecule has 0 aliphatic carbocycles. The molecule has 0 rings (SSSR count). The van der Waals surface area contributed by atoms with E-state index in [-0.39, 0.29) is 5.54 Å². The lowest BCUT2D eigenvalue weighted by atomic mass is 10.1. The second kappa shape index (κ2) is 2.42. The Morgan fingerprint density at radius 1 is 1.62 bits per heavy atom. The summed E-state index contributed by atoms with van der Waals surface area (Å²) in [5.74, 6) is 0. The average molecular weight is 132 g/mol. The molecule has 0 spiro atoms. The Bertz CT molecular complexity index is 98.6. The molecule has 0 aromatic rings. The average Bonchev–Trinajstić information content (AvgIpc) is 1.67. The van der Waals surface area contributed by atoms with Gasteiger partial charge in [-0.05, 0) is 20.9 Å². The van der Waals surface area contributed by atoms with E-state index < -0.39 is 0 Å². The van der Waals surface area contributed by atoms with E-state index >= 15 is 0 Å². The molecule has 0 aromatic carbocycles. The van der Waals surface area contributed by atoms with Gasteiger partial charge in [-0.1, -0.05) is 12.2 Å². The van der Waals surface area contributed by atoms with Gasteiger partial charge in [-0.15, -0.1) is 0 Å². The normalized spacial score (nSPS) is 11.4. The fourth-order valence-corrected chi connectivity index (χ4v) is 0.225. The summed E-state index contributed by atoms with van der Waals surface area (Å²) in [7, 11) is 1.83. The Morgan fingerprint density at radius 2 is 2.00 bits per heavy atom. The number of thiocarbonyl (C=S) groups is 1. The van der Waals surface area contributed by atoms with Crippen LogP contribution < -0.4 is 11.1 Å². The first-order valence-electron chi connectivity index (χ1n) is 2.49. The molecule has 0 radical (unpaired) electrons. The largest absolute Gasteiger partial charge is 0.392 e. The minimum atomic E-state index is -0.199. The molecular formula is C5H12N2S. The van der Waals surface area contributed by atoms with E-state index in [1.165, 1.54) is 0 Å². The third kappa shape index (κ3) is 1.76. The van der Waals surface area contributed by atoms with Crippen LogP contribution in [0.15, 0.2) is 0 Å². The molecule has 0 saturated carbocycles. The highest BCUT2D eigenvalue weighted by Gasteiger charge is 2.16. The van der Waals surface area contributed by atoms with Crippen molar-refractivity contribution in [3.63, 3.8) is 0 Å². The van der Waals surface area contributed by atoms with Crippen LogP contribution in [0.1, 0.15) is 13.8 Å². The smallest absolute Gasteiger partial charge is 0.0925 e. The van der Waals surface area contributed by atoms with Gasteiger partial charge >= 0.3 is 0 Å². The van der Waals surface area contributed by atoms with Crippen LogP contribution in [0.25, 0.3) is 0 Å². The predicted molar refractivity (Wildman–Crippen MR) is 39.9 cm³/mol. The summed E-state index contributed by atoms with van der Waals surface area (Å²) < 4.78 is 0. The van der Waals surface area contributed by atoms with Gasteiger partial charge in [-0.25, -0.2) is 0 Å². The van der Waals surface area contributed by atoms with Crippen LogP contribution in [0.2, 0.25) is 0 Å². The molecule has 0 aromatic heterocycles. The third-order valence-electron chi connectivity index (χ3n) is 1.24. The molecule has 48 valence electrons. The van der Waals surface area contributed by atoms with Crippen molar-refractivity contribution in [3.8, 4) is 0 Å². The third-order valence-corrected chi connectivity index (χ3v) is 1.75. The molecule has 3 N–H and O–H groups in total. The lowest BCUT2D eigenvalue weighted by Crippen LogP contribution is -2.47. The predicted octanol–water partition coefficient (Wildman–Crippen LogP) is 0.271. The highest BCUT2D eigenvalue weighted by atomic mass is 32.1. The van der Waals surface area contributed by atoms with Crippen LogP contribution in [0, 0.1) is 0 Å².